The minimum Gasteiger partial charge on any atom is -0.304 e. The van der Waals surface area contributed by atoms with E-state index in [1.54, 1.807) is 40.0 Å². The van der Waals surface area contributed by atoms with Crippen LogP contribution in [0.4, 0.5) is 5.82 Å². The zero-order valence-corrected chi connectivity index (χ0v) is 16.3. The molecule has 0 aliphatic carbocycles. The number of carbonyl (C=O) groups excluding carboxylic acids is 1. The van der Waals surface area contributed by atoms with E-state index < -0.39 is 0 Å². The fourth-order valence-electron chi connectivity index (χ4n) is 2.23. The quantitative estimate of drug-likeness (QED) is 0.633. The molecule has 3 rings (SSSR count). The van der Waals surface area contributed by atoms with Gasteiger partial charge in [0.15, 0.2) is 11.5 Å². The highest BCUT2D eigenvalue weighted by atomic mass is 79.9. The Hall–Kier alpha value is -1.83. The number of hydrogen-bond donors (Lipinski definition) is 1. The molecule has 2 heterocycles. The van der Waals surface area contributed by atoms with E-state index >= 15 is 0 Å². The molecule has 1 aromatic carbocycles. The van der Waals surface area contributed by atoms with Crippen molar-refractivity contribution in [3.05, 3.63) is 62.4 Å². The summed E-state index contributed by atoms with van der Waals surface area (Å²) >= 11 is 15.3. The normalized spacial score (nSPS) is 10.9. The van der Waals surface area contributed by atoms with Crippen LogP contribution in [-0.4, -0.2) is 25.5 Å². The van der Waals surface area contributed by atoms with Crippen LogP contribution in [-0.2, 0) is 13.1 Å². The Balaban J connectivity index is 1.69. The van der Waals surface area contributed by atoms with Gasteiger partial charge in [-0.15, -0.1) is 0 Å². The summed E-state index contributed by atoms with van der Waals surface area (Å²) in [5.41, 5.74) is 1.28. The Morgan fingerprint density at radius 2 is 2.00 bits per heavy atom. The van der Waals surface area contributed by atoms with Crippen molar-refractivity contribution in [1.82, 2.24) is 19.6 Å². The van der Waals surface area contributed by atoms with Crippen molar-refractivity contribution in [2.75, 3.05) is 5.32 Å². The van der Waals surface area contributed by atoms with E-state index in [0.29, 0.717) is 39.1 Å². The van der Waals surface area contributed by atoms with E-state index in [1.807, 2.05) is 13.0 Å². The van der Waals surface area contributed by atoms with Crippen molar-refractivity contribution in [1.29, 1.82) is 0 Å². The van der Waals surface area contributed by atoms with Crippen LogP contribution >= 0.6 is 39.1 Å². The molecule has 1 N–H and O–H groups in total. The van der Waals surface area contributed by atoms with Crippen molar-refractivity contribution in [3.8, 4) is 0 Å². The van der Waals surface area contributed by atoms with Crippen molar-refractivity contribution in [2.24, 2.45) is 0 Å². The minimum absolute atomic E-state index is 0.320. The number of aryl methyl sites for hydroxylation is 1. The molecule has 2 aromatic heterocycles. The first-order valence-electron chi connectivity index (χ1n) is 7.48. The molecule has 3 aromatic rings. The van der Waals surface area contributed by atoms with Gasteiger partial charge in [-0.05, 0) is 40.5 Å². The molecular formula is C16H14BrCl2N5O. The topological polar surface area (TPSA) is 64.7 Å². The van der Waals surface area contributed by atoms with Crippen molar-refractivity contribution in [2.45, 2.75) is 20.0 Å². The average Bonchev–Trinajstić information content (AvgIpc) is 3.17. The number of anilines is 1. The Morgan fingerprint density at radius 3 is 2.68 bits per heavy atom. The van der Waals surface area contributed by atoms with Crippen LogP contribution in [0.2, 0.25) is 10.0 Å². The van der Waals surface area contributed by atoms with Gasteiger partial charge in [0.05, 0.1) is 21.1 Å². The maximum atomic E-state index is 12.3. The zero-order chi connectivity index (χ0) is 18.0. The van der Waals surface area contributed by atoms with Gasteiger partial charge in [-0.3, -0.25) is 14.2 Å². The van der Waals surface area contributed by atoms with Gasteiger partial charge in [-0.2, -0.15) is 10.2 Å². The monoisotopic (exact) mass is 441 g/mol. The second-order valence-corrected chi connectivity index (χ2v) is 6.95. The van der Waals surface area contributed by atoms with Crippen LogP contribution < -0.4 is 5.32 Å². The zero-order valence-electron chi connectivity index (χ0n) is 13.2. The number of hydrogen-bond acceptors (Lipinski definition) is 3. The fraction of sp³-hybridized carbons (Fsp3) is 0.188. The molecule has 0 spiro atoms. The van der Waals surface area contributed by atoms with E-state index in [4.69, 9.17) is 23.2 Å². The predicted octanol–water partition coefficient (Wildman–Crippen LogP) is 4.47. The second kappa shape index (κ2) is 7.59. The molecule has 0 saturated heterocycles. The summed E-state index contributed by atoms with van der Waals surface area (Å²) in [4.78, 5) is 12.3. The van der Waals surface area contributed by atoms with E-state index in [-0.39, 0.29) is 5.91 Å². The third kappa shape index (κ3) is 4.23. The van der Waals surface area contributed by atoms with Crippen LogP contribution in [0, 0.1) is 0 Å². The van der Waals surface area contributed by atoms with Gasteiger partial charge in [0.25, 0.3) is 5.91 Å². The Labute approximate surface area is 162 Å². The number of nitrogens with zero attached hydrogens (tertiary/aromatic N) is 4. The largest absolute Gasteiger partial charge is 0.304 e. The number of benzene rings is 1. The highest BCUT2D eigenvalue weighted by Gasteiger charge is 2.16. The van der Waals surface area contributed by atoms with E-state index in [9.17, 15) is 4.79 Å². The molecule has 0 fully saturated rings. The Bertz CT molecular complexity index is 921. The summed E-state index contributed by atoms with van der Waals surface area (Å²) in [7, 11) is 0. The molecule has 0 saturated carbocycles. The maximum Gasteiger partial charge on any atom is 0.278 e. The van der Waals surface area contributed by atoms with Crippen LogP contribution in [0.25, 0.3) is 0 Å². The number of carbonyl (C=O) groups is 1. The summed E-state index contributed by atoms with van der Waals surface area (Å²) < 4.78 is 4.03. The number of aromatic nitrogens is 4. The molecule has 0 radical (unpaired) electrons. The molecular weight excluding hydrogens is 429 g/mol. The fourth-order valence-corrected chi connectivity index (χ4v) is 3.05. The van der Waals surface area contributed by atoms with E-state index in [1.165, 1.54) is 0 Å². The van der Waals surface area contributed by atoms with Gasteiger partial charge < -0.3 is 5.32 Å². The third-order valence-corrected chi connectivity index (χ3v) is 4.79. The summed E-state index contributed by atoms with van der Waals surface area (Å²) in [6.45, 7) is 3.15. The predicted molar refractivity (Wildman–Crippen MR) is 101 cm³/mol. The molecule has 9 heteroatoms. The highest BCUT2D eigenvalue weighted by molar-refractivity contribution is 9.10. The second-order valence-electron chi connectivity index (χ2n) is 5.28. The lowest BCUT2D eigenvalue weighted by Gasteiger charge is -2.04. The molecule has 6 nitrogen and oxygen atoms in total. The van der Waals surface area contributed by atoms with E-state index in [0.717, 1.165) is 5.56 Å². The number of rotatable bonds is 5. The smallest absolute Gasteiger partial charge is 0.278 e. The Morgan fingerprint density at radius 1 is 1.20 bits per heavy atom. The van der Waals surface area contributed by atoms with Gasteiger partial charge in [-0.25, -0.2) is 0 Å². The average molecular weight is 443 g/mol. The first-order chi connectivity index (χ1) is 12.0. The lowest BCUT2D eigenvalue weighted by Crippen LogP contribution is -2.14. The van der Waals surface area contributed by atoms with Gasteiger partial charge in [0.1, 0.15) is 0 Å². The number of amides is 1. The summed E-state index contributed by atoms with van der Waals surface area (Å²) in [6.07, 6.45) is 3.54. The first kappa shape index (κ1) is 18.0. The van der Waals surface area contributed by atoms with Crippen molar-refractivity contribution >= 4 is 50.9 Å². The molecule has 130 valence electrons. The molecule has 1 amide bonds. The molecule has 25 heavy (non-hydrogen) atoms. The first-order valence-corrected chi connectivity index (χ1v) is 9.03. The summed E-state index contributed by atoms with van der Waals surface area (Å²) in [6, 6.07) is 7.13. The van der Waals surface area contributed by atoms with Crippen molar-refractivity contribution < 1.29 is 4.79 Å². The van der Waals surface area contributed by atoms with Gasteiger partial charge in [-0.1, -0.05) is 29.3 Å². The Kier molecular flexibility index (Phi) is 5.46. The maximum absolute atomic E-state index is 12.3. The van der Waals surface area contributed by atoms with Crippen LogP contribution in [0.15, 0.2) is 41.1 Å². The SMILES string of the molecule is CCn1cc(Br)c(C(=O)Nc2ccn(Cc3ccc(Cl)c(Cl)c3)n2)n1. The number of halogens is 3. The lowest BCUT2D eigenvalue weighted by atomic mass is 10.2. The van der Waals surface area contributed by atoms with Crippen LogP contribution in [0.1, 0.15) is 23.0 Å². The number of nitrogens with one attached hydrogen (secondary N) is 1. The lowest BCUT2D eigenvalue weighted by molar-refractivity contribution is 0.102. The summed E-state index contributed by atoms with van der Waals surface area (Å²) in [5.74, 6) is 0.127. The minimum atomic E-state index is -0.320. The highest BCUT2D eigenvalue weighted by Crippen LogP contribution is 2.23. The molecule has 0 atom stereocenters. The van der Waals surface area contributed by atoms with Crippen LogP contribution in [0.3, 0.4) is 0 Å². The molecule has 0 aliphatic heterocycles. The van der Waals surface area contributed by atoms with E-state index in [2.05, 4.69) is 31.4 Å². The van der Waals surface area contributed by atoms with Gasteiger partial charge in [0.2, 0.25) is 0 Å². The third-order valence-electron chi connectivity index (χ3n) is 3.47. The summed E-state index contributed by atoms with van der Waals surface area (Å²) in [5, 5.41) is 12.3. The molecule has 0 unspecified atom stereocenters. The molecule has 0 bridgehead atoms. The van der Waals surface area contributed by atoms with Gasteiger partial charge in [0, 0.05) is 25.0 Å². The molecule has 0 aliphatic rings. The van der Waals surface area contributed by atoms with Crippen LogP contribution in [0.5, 0.6) is 0 Å². The standard InChI is InChI=1S/C16H14BrCl2N5O/c1-2-23-9-11(17)15(22-23)16(25)20-14-5-6-24(21-14)8-10-3-4-12(18)13(19)7-10/h3-7,9H,2,8H2,1H3,(H,20,21,25). The van der Waals surface area contributed by atoms with Gasteiger partial charge >= 0.3 is 0 Å². The van der Waals surface area contributed by atoms with Crippen molar-refractivity contribution in [3.63, 3.8) is 0 Å².